The summed E-state index contributed by atoms with van der Waals surface area (Å²) in [7, 11) is 0. The Morgan fingerprint density at radius 3 is 1.24 bits per heavy atom. The normalized spacial score (nSPS) is 12.2. The maximum absolute atomic E-state index is 12.4. The van der Waals surface area contributed by atoms with Crippen LogP contribution in [0.15, 0.2) is 0 Å². The number of unbranched alkanes of at least 4 members (excludes halogenated alkanes) is 26. The Kier molecular flexibility index (Phi) is 36.8. The van der Waals surface area contributed by atoms with Gasteiger partial charge < -0.3 is 9.47 Å². The molecule has 0 aromatic carbocycles. The molecule has 0 saturated heterocycles. The zero-order valence-corrected chi connectivity index (χ0v) is 29.9. The Morgan fingerprint density at radius 1 is 0.500 bits per heavy atom. The van der Waals surface area contributed by atoms with Gasteiger partial charge in [0.15, 0.2) is 0 Å². The van der Waals surface area contributed by atoms with Crippen LogP contribution in [-0.4, -0.2) is 37.3 Å². The Hall–Kier alpha value is -0.220. The van der Waals surface area contributed by atoms with E-state index in [4.69, 9.17) is 9.47 Å². The molecule has 0 aromatic rings. The number of carbonyl (C=O) groups is 1. The third-order valence-corrected chi connectivity index (χ3v) is 9.76. The maximum atomic E-state index is 12.4. The lowest BCUT2D eigenvalue weighted by Gasteiger charge is -2.15. The van der Waals surface area contributed by atoms with Crippen molar-refractivity contribution in [3.05, 3.63) is 0 Å². The fourth-order valence-electron chi connectivity index (χ4n) is 5.69. The molecule has 0 aliphatic heterocycles. The van der Waals surface area contributed by atoms with Crippen molar-refractivity contribution in [1.82, 2.24) is 0 Å². The van der Waals surface area contributed by atoms with Gasteiger partial charge in [-0.05, 0) is 25.5 Å². The first kappa shape index (κ1) is 41.8. The van der Waals surface area contributed by atoms with Gasteiger partial charge in [0, 0.05) is 12.4 Å². The van der Waals surface area contributed by atoms with Crippen LogP contribution in [0.1, 0.15) is 201 Å². The molecule has 1 unspecified atom stereocenters. The van der Waals surface area contributed by atoms with Gasteiger partial charge in [-0.15, -0.1) is 0 Å². The second-order valence-corrected chi connectivity index (χ2v) is 13.9. The average molecular weight is 613 g/mol. The van der Waals surface area contributed by atoms with Crippen LogP contribution in [0, 0.1) is 5.92 Å². The van der Waals surface area contributed by atoms with Crippen LogP contribution in [0.2, 0.25) is 0 Å². The van der Waals surface area contributed by atoms with Crippen molar-refractivity contribution in [3.63, 3.8) is 0 Å². The summed E-state index contributed by atoms with van der Waals surface area (Å²) in [5.41, 5.74) is 0. The summed E-state index contributed by atoms with van der Waals surface area (Å²) in [6.07, 6.45) is 38.7. The first-order valence-corrected chi connectivity index (χ1v) is 20.2. The van der Waals surface area contributed by atoms with Crippen LogP contribution >= 0.6 is 11.8 Å². The summed E-state index contributed by atoms with van der Waals surface area (Å²) in [6, 6.07) is 0. The molecule has 0 N–H and O–H groups in total. The van der Waals surface area contributed by atoms with Gasteiger partial charge in [0.05, 0.1) is 19.1 Å². The lowest BCUT2D eigenvalue weighted by molar-refractivity contribution is -0.149. The monoisotopic (exact) mass is 613 g/mol. The van der Waals surface area contributed by atoms with E-state index < -0.39 is 0 Å². The molecule has 0 rings (SSSR count). The Balaban J connectivity index is 3.57. The van der Waals surface area contributed by atoms with Crippen molar-refractivity contribution < 1.29 is 14.3 Å². The highest BCUT2D eigenvalue weighted by molar-refractivity contribution is 7.99. The van der Waals surface area contributed by atoms with Gasteiger partial charge in [0.1, 0.15) is 0 Å². The third kappa shape index (κ3) is 32.7. The highest BCUT2D eigenvalue weighted by atomic mass is 32.2. The third-order valence-electron chi connectivity index (χ3n) is 8.54. The topological polar surface area (TPSA) is 35.5 Å². The highest BCUT2D eigenvalue weighted by Crippen LogP contribution is 2.17. The number of thioether (sulfide) groups is 1. The zero-order chi connectivity index (χ0) is 30.6. The molecule has 0 spiro atoms. The molecule has 0 heterocycles. The van der Waals surface area contributed by atoms with E-state index in [1.165, 1.54) is 173 Å². The molecule has 0 aliphatic rings. The predicted octanol–water partition coefficient (Wildman–Crippen LogP) is 12.9. The fourth-order valence-corrected chi connectivity index (χ4v) is 6.78. The molecule has 1 atom stereocenters. The summed E-state index contributed by atoms with van der Waals surface area (Å²) < 4.78 is 11.3. The summed E-state index contributed by atoms with van der Waals surface area (Å²) in [5.74, 6) is 1.78. The van der Waals surface area contributed by atoms with Crippen LogP contribution in [0.3, 0.4) is 0 Å². The molecule has 42 heavy (non-hydrogen) atoms. The largest absolute Gasteiger partial charge is 0.466 e. The highest BCUT2D eigenvalue weighted by Gasteiger charge is 2.20. The van der Waals surface area contributed by atoms with Crippen LogP contribution in [-0.2, 0) is 14.3 Å². The van der Waals surface area contributed by atoms with E-state index >= 15 is 0 Å². The number of esters is 1. The van der Waals surface area contributed by atoms with Gasteiger partial charge in [0.2, 0.25) is 0 Å². The quantitative estimate of drug-likeness (QED) is 0.0521. The van der Waals surface area contributed by atoms with E-state index in [0.717, 1.165) is 24.5 Å². The summed E-state index contributed by atoms with van der Waals surface area (Å²) in [4.78, 5) is 12.4. The molecule has 252 valence electrons. The molecule has 3 nitrogen and oxygen atoms in total. The second kappa shape index (κ2) is 37.0. The molecule has 0 radical (unpaired) electrons. The molecular weight excluding hydrogens is 536 g/mol. The van der Waals surface area contributed by atoms with E-state index in [9.17, 15) is 4.79 Å². The fraction of sp³-hybridized carbons (Fsp3) is 0.974. The van der Waals surface area contributed by atoms with E-state index in [-0.39, 0.29) is 11.9 Å². The van der Waals surface area contributed by atoms with Crippen molar-refractivity contribution >= 4 is 17.7 Å². The van der Waals surface area contributed by atoms with Crippen molar-refractivity contribution in [2.75, 3.05) is 31.3 Å². The SMILES string of the molecule is CCCCCCCCCCCCCCCCOCC(CSCCCCCCCCCCCCCCCC)C(=O)OCC. The number of rotatable bonds is 36. The van der Waals surface area contributed by atoms with Crippen LogP contribution in [0.25, 0.3) is 0 Å². The number of hydrogen-bond donors (Lipinski definition) is 0. The number of ether oxygens (including phenoxy) is 2. The molecule has 0 aromatic heterocycles. The lowest BCUT2D eigenvalue weighted by atomic mass is 10.0. The summed E-state index contributed by atoms with van der Waals surface area (Å²) >= 11 is 1.91. The Bertz CT molecular complexity index is 477. The van der Waals surface area contributed by atoms with Crippen LogP contribution in [0.4, 0.5) is 0 Å². The van der Waals surface area contributed by atoms with Crippen molar-refractivity contribution in [3.8, 4) is 0 Å². The number of hydrogen-bond acceptors (Lipinski definition) is 4. The van der Waals surface area contributed by atoms with Gasteiger partial charge in [-0.2, -0.15) is 11.8 Å². The molecule has 0 fully saturated rings. The Labute approximate surface area is 269 Å². The maximum Gasteiger partial charge on any atom is 0.312 e. The molecule has 0 saturated carbocycles. The van der Waals surface area contributed by atoms with Crippen molar-refractivity contribution in [1.29, 1.82) is 0 Å². The minimum atomic E-state index is -0.117. The summed E-state index contributed by atoms with van der Waals surface area (Å²) in [5, 5.41) is 0. The first-order chi connectivity index (χ1) is 20.8. The second-order valence-electron chi connectivity index (χ2n) is 12.8. The number of carbonyl (C=O) groups excluding carboxylic acids is 1. The predicted molar refractivity (Wildman–Crippen MR) is 189 cm³/mol. The lowest BCUT2D eigenvalue weighted by Crippen LogP contribution is -2.25. The van der Waals surface area contributed by atoms with E-state index in [2.05, 4.69) is 13.8 Å². The van der Waals surface area contributed by atoms with Gasteiger partial charge in [-0.1, -0.05) is 181 Å². The van der Waals surface area contributed by atoms with Gasteiger partial charge in [0.25, 0.3) is 0 Å². The van der Waals surface area contributed by atoms with Gasteiger partial charge >= 0.3 is 5.97 Å². The molecule has 4 heteroatoms. The minimum absolute atomic E-state index is 0.0769. The molecular formula is C38H76O3S. The van der Waals surface area contributed by atoms with E-state index in [1.807, 2.05) is 18.7 Å². The standard InChI is InChI=1S/C38H76O3S/c1-4-7-9-11-13-15-17-19-21-23-25-27-29-31-33-40-35-37(38(39)41-6-3)36-42-34-32-30-28-26-24-22-20-18-16-14-12-10-8-5-2/h37H,4-36H2,1-3H3. The molecule has 0 amide bonds. The average Bonchev–Trinajstić information content (AvgIpc) is 2.99. The summed E-state index contributed by atoms with van der Waals surface area (Å²) in [6.45, 7) is 8.22. The van der Waals surface area contributed by atoms with Crippen molar-refractivity contribution in [2.24, 2.45) is 5.92 Å². The smallest absolute Gasteiger partial charge is 0.312 e. The minimum Gasteiger partial charge on any atom is -0.466 e. The van der Waals surface area contributed by atoms with Gasteiger partial charge in [-0.25, -0.2) is 0 Å². The van der Waals surface area contributed by atoms with E-state index in [1.54, 1.807) is 0 Å². The van der Waals surface area contributed by atoms with Crippen LogP contribution in [0.5, 0.6) is 0 Å². The molecule has 0 aliphatic carbocycles. The van der Waals surface area contributed by atoms with Crippen LogP contribution < -0.4 is 0 Å². The molecule has 0 bridgehead atoms. The van der Waals surface area contributed by atoms with Gasteiger partial charge in [-0.3, -0.25) is 4.79 Å². The van der Waals surface area contributed by atoms with E-state index in [0.29, 0.717) is 13.2 Å². The Morgan fingerprint density at radius 2 is 0.857 bits per heavy atom. The zero-order valence-electron chi connectivity index (χ0n) is 29.0. The van der Waals surface area contributed by atoms with Crippen molar-refractivity contribution in [2.45, 2.75) is 201 Å². The first-order valence-electron chi connectivity index (χ1n) is 19.1.